The summed E-state index contributed by atoms with van der Waals surface area (Å²) in [6, 6.07) is 7.61. The van der Waals surface area contributed by atoms with Crippen LogP contribution in [0.5, 0.6) is 5.75 Å². The number of anilines is 2. The van der Waals surface area contributed by atoms with E-state index in [-0.39, 0.29) is 12.5 Å². The van der Waals surface area contributed by atoms with Crippen LogP contribution in [-0.2, 0) is 4.79 Å². The van der Waals surface area contributed by atoms with Crippen molar-refractivity contribution in [1.82, 2.24) is 4.98 Å². The van der Waals surface area contributed by atoms with Gasteiger partial charge >= 0.3 is 0 Å². The number of amides is 1. The summed E-state index contributed by atoms with van der Waals surface area (Å²) in [6.07, 6.45) is 0. The van der Waals surface area contributed by atoms with Crippen molar-refractivity contribution in [3.05, 3.63) is 44.3 Å². The van der Waals surface area contributed by atoms with Gasteiger partial charge in [-0.1, -0.05) is 17.4 Å². The number of hydrogen-bond acceptors (Lipinski definition) is 5. The fraction of sp³-hybridized carbons (Fsp3) is 0.176. The van der Waals surface area contributed by atoms with Crippen LogP contribution in [0.3, 0.4) is 0 Å². The molecule has 0 radical (unpaired) electrons. The highest BCUT2D eigenvalue weighted by Gasteiger charge is 2.12. The van der Waals surface area contributed by atoms with Crippen LogP contribution < -0.4 is 15.8 Å². The lowest BCUT2D eigenvalue weighted by Gasteiger charge is -2.12. The highest BCUT2D eigenvalue weighted by Crippen LogP contribution is 2.33. The fourth-order valence-electron chi connectivity index (χ4n) is 2.50. The number of nitrogens with two attached hydrogens (primary N) is 1. The summed E-state index contributed by atoms with van der Waals surface area (Å²) in [5.41, 5.74) is 9.29. The maximum absolute atomic E-state index is 12.2. The number of ether oxygens (including phenoxy) is 1. The highest BCUT2D eigenvalue weighted by atomic mass is 79.9. The van der Waals surface area contributed by atoms with E-state index in [2.05, 4.69) is 42.2 Å². The Labute approximate surface area is 165 Å². The number of nitrogen functional groups attached to an aromatic ring is 1. The Balaban J connectivity index is 1.71. The van der Waals surface area contributed by atoms with E-state index in [1.165, 1.54) is 11.3 Å². The van der Waals surface area contributed by atoms with Gasteiger partial charge in [-0.15, -0.1) is 0 Å². The third-order valence-electron chi connectivity index (χ3n) is 3.47. The standard InChI is InChI=1S/C17H15Br2N3O2S/c1-8-3-9(2)16(12(19)4-8)24-7-14(23)21-10-5-11(18)15-13(6-10)25-17(20)22-15/h3-6H,7H2,1-2H3,(H2,20,22)(H,21,23). The summed E-state index contributed by atoms with van der Waals surface area (Å²) in [4.78, 5) is 16.5. The Bertz CT molecular complexity index is 949. The molecule has 5 nitrogen and oxygen atoms in total. The average Bonchev–Trinajstić information content (AvgIpc) is 2.87. The number of nitrogens with one attached hydrogen (secondary N) is 1. The number of carbonyl (C=O) groups is 1. The first kappa shape index (κ1) is 18.2. The van der Waals surface area contributed by atoms with Crippen molar-refractivity contribution in [3.63, 3.8) is 0 Å². The third kappa shape index (κ3) is 4.13. The highest BCUT2D eigenvalue weighted by molar-refractivity contribution is 9.11. The Morgan fingerprint density at radius 1 is 1.24 bits per heavy atom. The van der Waals surface area contributed by atoms with Crippen LogP contribution in [-0.4, -0.2) is 17.5 Å². The number of halogens is 2. The van der Waals surface area contributed by atoms with E-state index < -0.39 is 0 Å². The molecule has 0 aliphatic rings. The predicted octanol–water partition coefficient (Wildman–Crippen LogP) is 5.04. The molecule has 130 valence electrons. The smallest absolute Gasteiger partial charge is 0.262 e. The van der Waals surface area contributed by atoms with Crippen LogP contribution in [0.1, 0.15) is 11.1 Å². The van der Waals surface area contributed by atoms with Crippen LogP contribution in [0.25, 0.3) is 10.2 Å². The molecule has 8 heteroatoms. The summed E-state index contributed by atoms with van der Waals surface area (Å²) in [5.74, 6) is 0.434. The van der Waals surface area contributed by atoms with E-state index >= 15 is 0 Å². The molecular weight excluding hydrogens is 470 g/mol. The summed E-state index contributed by atoms with van der Waals surface area (Å²) >= 11 is 8.30. The van der Waals surface area contributed by atoms with Gasteiger partial charge in [-0.05, 0) is 75.0 Å². The molecule has 1 heterocycles. The zero-order valence-electron chi connectivity index (χ0n) is 13.5. The second-order valence-corrected chi connectivity index (χ2v) is 8.36. The van der Waals surface area contributed by atoms with E-state index in [0.717, 1.165) is 30.3 Å². The van der Waals surface area contributed by atoms with Crippen LogP contribution in [0.15, 0.2) is 33.2 Å². The van der Waals surface area contributed by atoms with Gasteiger partial charge in [-0.25, -0.2) is 4.98 Å². The van der Waals surface area contributed by atoms with Crippen LogP contribution in [0, 0.1) is 13.8 Å². The maximum Gasteiger partial charge on any atom is 0.262 e. The van der Waals surface area contributed by atoms with Crippen molar-refractivity contribution in [2.75, 3.05) is 17.7 Å². The van der Waals surface area contributed by atoms with Gasteiger partial charge in [0.1, 0.15) is 5.75 Å². The third-order valence-corrected chi connectivity index (χ3v) is 5.50. The maximum atomic E-state index is 12.2. The molecule has 3 aromatic rings. The van der Waals surface area contributed by atoms with E-state index in [0.29, 0.717) is 16.6 Å². The lowest BCUT2D eigenvalue weighted by Crippen LogP contribution is -2.20. The van der Waals surface area contributed by atoms with Crippen LogP contribution >= 0.6 is 43.2 Å². The fourth-order valence-corrected chi connectivity index (χ4v) is 4.77. The molecule has 0 unspecified atom stereocenters. The van der Waals surface area contributed by atoms with Crippen molar-refractivity contribution < 1.29 is 9.53 Å². The number of aryl methyl sites for hydroxylation is 2. The minimum atomic E-state index is -0.240. The number of fused-ring (bicyclic) bond motifs is 1. The van der Waals surface area contributed by atoms with Crippen molar-refractivity contribution in [1.29, 1.82) is 0 Å². The first-order valence-electron chi connectivity index (χ1n) is 7.38. The molecule has 0 aliphatic heterocycles. The Morgan fingerprint density at radius 2 is 2.00 bits per heavy atom. The van der Waals surface area contributed by atoms with Gasteiger partial charge in [0, 0.05) is 10.2 Å². The number of carbonyl (C=O) groups excluding carboxylic acids is 1. The normalized spacial score (nSPS) is 10.9. The topological polar surface area (TPSA) is 77.2 Å². The quantitative estimate of drug-likeness (QED) is 0.543. The summed E-state index contributed by atoms with van der Waals surface area (Å²) < 4.78 is 8.20. The van der Waals surface area contributed by atoms with Gasteiger partial charge < -0.3 is 15.8 Å². The first-order valence-corrected chi connectivity index (χ1v) is 9.78. The van der Waals surface area contributed by atoms with Gasteiger partial charge in [0.05, 0.1) is 14.7 Å². The zero-order chi connectivity index (χ0) is 18.1. The molecule has 1 aromatic heterocycles. The molecule has 0 atom stereocenters. The molecule has 1 amide bonds. The molecular formula is C17H15Br2N3O2S. The Hall–Kier alpha value is -1.64. The van der Waals surface area contributed by atoms with Crippen LogP contribution in [0.4, 0.5) is 10.8 Å². The average molecular weight is 485 g/mol. The molecule has 0 bridgehead atoms. The second-order valence-electron chi connectivity index (χ2n) is 5.59. The lowest BCUT2D eigenvalue weighted by atomic mass is 10.1. The lowest BCUT2D eigenvalue weighted by molar-refractivity contribution is -0.118. The molecule has 3 N–H and O–H groups in total. The SMILES string of the molecule is Cc1cc(C)c(OCC(=O)Nc2cc(Br)c3nc(N)sc3c2)c(Br)c1. The number of rotatable bonds is 4. The Kier molecular flexibility index (Phi) is 5.31. The molecule has 25 heavy (non-hydrogen) atoms. The van der Waals surface area contributed by atoms with Crippen LogP contribution in [0.2, 0.25) is 0 Å². The second kappa shape index (κ2) is 7.31. The molecule has 2 aromatic carbocycles. The molecule has 0 spiro atoms. The monoisotopic (exact) mass is 483 g/mol. The molecule has 0 saturated carbocycles. The van der Waals surface area contributed by atoms with E-state index in [4.69, 9.17) is 10.5 Å². The van der Waals surface area contributed by atoms with Crippen molar-refractivity contribution in [3.8, 4) is 5.75 Å². The van der Waals surface area contributed by atoms with Gasteiger partial charge in [0.15, 0.2) is 11.7 Å². The van der Waals surface area contributed by atoms with Gasteiger partial charge in [0.25, 0.3) is 5.91 Å². The summed E-state index contributed by atoms with van der Waals surface area (Å²) in [5, 5.41) is 3.32. The zero-order valence-corrected chi connectivity index (χ0v) is 17.5. The molecule has 3 rings (SSSR count). The minimum Gasteiger partial charge on any atom is -0.482 e. The molecule has 0 aliphatic carbocycles. The van der Waals surface area contributed by atoms with Gasteiger partial charge in [-0.3, -0.25) is 4.79 Å². The largest absolute Gasteiger partial charge is 0.482 e. The van der Waals surface area contributed by atoms with Crippen molar-refractivity contribution in [2.24, 2.45) is 0 Å². The van der Waals surface area contributed by atoms with E-state index in [1.54, 1.807) is 6.07 Å². The number of nitrogens with zero attached hydrogens (tertiary/aromatic N) is 1. The van der Waals surface area contributed by atoms with E-state index in [1.807, 2.05) is 32.0 Å². The van der Waals surface area contributed by atoms with Crippen molar-refractivity contribution >= 4 is 70.1 Å². The van der Waals surface area contributed by atoms with Gasteiger partial charge in [0.2, 0.25) is 0 Å². The minimum absolute atomic E-state index is 0.0804. The molecule has 0 fully saturated rings. The number of thiazole rings is 1. The van der Waals surface area contributed by atoms with Gasteiger partial charge in [-0.2, -0.15) is 0 Å². The van der Waals surface area contributed by atoms with Crippen molar-refractivity contribution in [2.45, 2.75) is 13.8 Å². The number of aromatic nitrogens is 1. The predicted molar refractivity (Wildman–Crippen MR) is 109 cm³/mol. The summed E-state index contributed by atoms with van der Waals surface area (Å²) in [7, 11) is 0. The Morgan fingerprint density at radius 3 is 2.72 bits per heavy atom. The first-order chi connectivity index (χ1) is 11.8. The molecule has 0 saturated heterocycles. The van der Waals surface area contributed by atoms with E-state index in [9.17, 15) is 4.79 Å². The number of hydrogen-bond donors (Lipinski definition) is 2. The summed E-state index contributed by atoms with van der Waals surface area (Å²) in [6.45, 7) is 3.88. The number of benzene rings is 2.